The minimum Gasteiger partial charge on any atom is -0.467 e. The van der Waals surface area contributed by atoms with Gasteiger partial charge in [0.1, 0.15) is 11.5 Å². The van der Waals surface area contributed by atoms with Crippen molar-refractivity contribution in [3.63, 3.8) is 0 Å². The van der Waals surface area contributed by atoms with E-state index in [1.54, 1.807) is 24.3 Å². The quantitative estimate of drug-likeness (QED) is 0.364. The molecule has 0 amide bonds. The van der Waals surface area contributed by atoms with Crippen LogP contribution in [0.1, 0.15) is 11.5 Å². The average molecular weight is 223 g/mol. The summed E-state index contributed by atoms with van der Waals surface area (Å²) in [4.78, 5) is 0. The standard InChI is InChI=1S/C10H9NO3S/c12-11-7-10(15,8-3-1-5-13-8)9-4-2-6-14-9/h1-7,12,15H. The maximum atomic E-state index is 8.64. The number of hydrogen-bond donors (Lipinski definition) is 2. The van der Waals surface area contributed by atoms with Crippen LogP contribution in [0.15, 0.2) is 50.8 Å². The summed E-state index contributed by atoms with van der Waals surface area (Å²) in [6.07, 6.45) is 4.29. The van der Waals surface area contributed by atoms with Gasteiger partial charge in [-0.05, 0) is 24.3 Å². The predicted octanol–water partition coefficient (Wildman–Crippen LogP) is 2.51. The van der Waals surface area contributed by atoms with E-state index in [2.05, 4.69) is 17.8 Å². The Bertz CT molecular complexity index is 399. The summed E-state index contributed by atoms with van der Waals surface area (Å²) in [7, 11) is 0. The summed E-state index contributed by atoms with van der Waals surface area (Å²) in [6.45, 7) is 0. The van der Waals surface area contributed by atoms with Crippen molar-refractivity contribution in [3.05, 3.63) is 48.3 Å². The molecular formula is C10H9NO3S. The summed E-state index contributed by atoms with van der Waals surface area (Å²) in [5, 5.41) is 11.6. The predicted molar refractivity (Wildman–Crippen MR) is 57.5 cm³/mol. The van der Waals surface area contributed by atoms with Gasteiger partial charge in [0.15, 0.2) is 4.75 Å². The summed E-state index contributed by atoms with van der Waals surface area (Å²) in [5.41, 5.74) is 0. The fourth-order valence-electron chi connectivity index (χ4n) is 1.32. The molecule has 0 unspecified atom stereocenters. The molecule has 0 fully saturated rings. The molecule has 0 bridgehead atoms. The van der Waals surface area contributed by atoms with Crippen molar-refractivity contribution in [2.45, 2.75) is 4.75 Å². The fraction of sp³-hybridized carbons (Fsp3) is 0.100. The summed E-state index contributed by atoms with van der Waals surface area (Å²) in [5.74, 6) is 1.05. The highest BCUT2D eigenvalue weighted by Crippen LogP contribution is 2.35. The molecule has 0 spiro atoms. The molecule has 4 nitrogen and oxygen atoms in total. The van der Waals surface area contributed by atoms with Crippen LogP contribution in [-0.4, -0.2) is 11.4 Å². The third-order valence-electron chi connectivity index (χ3n) is 2.04. The van der Waals surface area contributed by atoms with Gasteiger partial charge >= 0.3 is 0 Å². The Labute approximate surface area is 91.6 Å². The molecule has 0 saturated heterocycles. The van der Waals surface area contributed by atoms with E-state index in [9.17, 15) is 0 Å². The van der Waals surface area contributed by atoms with E-state index in [1.807, 2.05) is 0 Å². The highest BCUT2D eigenvalue weighted by atomic mass is 32.1. The van der Waals surface area contributed by atoms with Crippen molar-refractivity contribution in [2.24, 2.45) is 5.16 Å². The van der Waals surface area contributed by atoms with E-state index < -0.39 is 4.75 Å². The Balaban J connectivity index is 2.51. The highest BCUT2D eigenvalue weighted by Gasteiger charge is 2.34. The van der Waals surface area contributed by atoms with Crippen molar-refractivity contribution in [3.8, 4) is 0 Å². The van der Waals surface area contributed by atoms with Crippen LogP contribution < -0.4 is 0 Å². The van der Waals surface area contributed by atoms with E-state index in [0.29, 0.717) is 11.5 Å². The third kappa shape index (κ3) is 1.66. The first-order valence-electron chi connectivity index (χ1n) is 4.26. The van der Waals surface area contributed by atoms with Crippen LogP contribution in [0.2, 0.25) is 0 Å². The number of thiol groups is 1. The molecule has 15 heavy (non-hydrogen) atoms. The van der Waals surface area contributed by atoms with E-state index in [0.717, 1.165) is 0 Å². The first-order chi connectivity index (χ1) is 7.27. The Kier molecular flexibility index (Phi) is 2.55. The molecule has 0 atom stereocenters. The molecule has 0 aromatic carbocycles. The number of nitrogens with zero attached hydrogens (tertiary/aromatic N) is 1. The Morgan fingerprint density at radius 1 is 1.20 bits per heavy atom. The molecular weight excluding hydrogens is 214 g/mol. The number of rotatable bonds is 3. The normalized spacial score (nSPS) is 12.3. The van der Waals surface area contributed by atoms with Gasteiger partial charge in [-0.15, -0.1) is 0 Å². The van der Waals surface area contributed by atoms with E-state index in [-0.39, 0.29) is 0 Å². The van der Waals surface area contributed by atoms with Gasteiger partial charge in [-0.25, -0.2) is 0 Å². The van der Waals surface area contributed by atoms with Crippen molar-refractivity contribution in [1.29, 1.82) is 0 Å². The molecule has 78 valence electrons. The minimum absolute atomic E-state index is 0.526. The lowest BCUT2D eigenvalue weighted by atomic mass is 10.0. The first-order valence-corrected chi connectivity index (χ1v) is 4.71. The maximum absolute atomic E-state index is 8.64. The number of hydrogen-bond acceptors (Lipinski definition) is 5. The molecule has 2 rings (SSSR count). The zero-order chi connectivity index (χ0) is 10.7. The molecule has 2 aromatic heterocycles. The monoisotopic (exact) mass is 223 g/mol. The van der Waals surface area contributed by atoms with Crippen LogP contribution in [-0.2, 0) is 4.75 Å². The molecule has 0 aliphatic heterocycles. The zero-order valence-electron chi connectivity index (χ0n) is 7.70. The van der Waals surface area contributed by atoms with Crippen LogP contribution in [0.3, 0.4) is 0 Å². The average Bonchev–Trinajstić information content (AvgIpc) is 2.92. The SMILES string of the molecule is ON=CC(S)(c1ccco1)c1ccco1. The molecule has 1 N–H and O–H groups in total. The molecule has 2 aromatic rings. The minimum atomic E-state index is -0.984. The van der Waals surface area contributed by atoms with Crippen molar-refractivity contribution in [1.82, 2.24) is 0 Å². The van der Waals surface area contributed by atoms with Gasteiger partial charge in [0.25, 0.3) is 0 Å². The van der Waals surface area contributed by atoms with E-state index >= 15 is 0 Å². The van der Waals surface area contributed by atoms with Gasteiger partial charge in [0, 0.05) is 0 Å². The summed E-state index contributed by atoms with van der Waals surface area (Å²) < 4.78 is 9.49. The second-order valence-corrected chi connectivity index (χ2v) is 3.67. The van der Waals surface area contributed by atoms with Gasteiger partial charge in [-0.3, -0.25) is 0 Å². The molecule has 5 heteroatoms. The van der Waals surface area contributed by atoms with Crippen molar-refractivity contribution >= 4 is 18.8 Å². The fourth-order valence-corrected chi connectivity index (χ4v) is 1.63. The van der Waals surface area contributed by atoms with E-state index in [4.69, 9.17) is 14.0 Å². The molecule has 2 heterocycles. The summed E-state index contributed by atoms with van der Waals surface area (Å²) >= 11 is 4.41. The first kappa shape index (κ1) is 9.92. The molecule has 0 saturated carbocycles. The second-order valence-electron chi connectivity index (χ2n) is 2.97. The lowest BCUT2D eigenvalue weighted by Crippen LogP contribution is -2.21. The van der Waals surface area contributed by atoms with Crippen LogP contribution in [0, 0.1) is 0 Å². The Morgan fingerprint density at radius 2 is 1.73 bits per heavy atom. The van der Waals surface area contributed by atoms with Crippen LogP contribution in [0.4, 0.5) is 0 Å². The summed E-state index contributed by atoms with van der Waals surface area (Å²) in [6, 6.07) is 6.93. The van der Waals surface area contributed by atoms with Crippen LogP contribution in [0.25, 0.3) is 0 Å². The van der Waals surface area contributed by atoms with Gasteiger partial charge < -0.3 is 14.0 Å². The van der Waals surface area contributed by atoms with Gasteiger partial charge in [-0.1, -0.05) is 5.16 Å². The Morgan fingerprint density at radius 3 is 2.07 bits per heavy atom. The lowest BCUT2D eigenvalue weighted by Gasteiger charge is -2.17. The Hall–Kier alpha value is -1.62. The highest BCUT2D eigenvalue weighted by molar-refractivity contribution is 7.82. The zero-order valence-corrected chi connectivity index (χ0v) is 8.59. The van der Waals surface area contributed by atoms with E-state index in [1.165, 1.54) is 18.7 Å². The van der Waals surface area contributed by atoms with Gasteiger partial charge in [0.05, 0.1) is 18.7 Å². The molecule has 0 radical (unpaired) electrons. The number of oxime groups is 1. The largest absolute Gasteiger partial charge is 0.467 e. The lowest BCUT2D eigenvalue weighted by molar-refractivity contribution is 0.317. The third-order valence-corrected chi connectivity index (χ3v) is 2.59. The van der Waals surface area contributed by atoms with Gasteiger partial charge in [0.2, 0.25) is 0 Å². The molecule has 0 aliphatic carbocycles. The van der Waals surface area contributed by atoms with Crippen LogP contribution in [0.5, 0.6) is 0 Å². The number of furan rings is 2. The second kappa shape index (κ2) is 3.86. The van der Waals surface area contributed by atoms with Gasteiger partial charge in [-0.2, -0.15) is 12.6 Å². The topological polar surface area (TPSA) is 58.9 Å². The van der Waals surface area contributed by atoms with Crippen LogP contribution >= 0.6 is 12.6 Å². The maximum Gasteiger partial charge on any atom is 0.167 e. The smallest absolute Gasteiger partial charge is 0.167 e. The molecule has 0 aliphatic rings. The van der Waals surface area contributed by atoms with Crippen molar-refractivity contribution in [2.75, 3.05) is 0 Å². The van der Waals surface area contributed by atoms with Crippen molar-refractivity contribution < 1.29 is 14.0 Å².